The lowest BCUT2D eigenvalue weighted by Gasteiger charge is -2.09. The van der Waals surface area contributed by atoms with Crippen LogP contribution in [0.2, 0.25) is 0 Å². The first kappa shape index (κ1) is 10.2. The summed E-state index contributed by atoms with van der Waals surface area (Å²) >= 11 is 0. The van der Waals surface area contributed by atoms with Crippen molar-refractivity contribution < 1.29 is 14.2 Å². The molecular formula is C6H15O3P. The molecule has 4 heteroatoms. The average molecular weight is 166 g/mol. The third kappa shape index (κ3) is 4.98. The summed E-state index contributed by atoms with van der Waals surface area (Å²) in [6, 6.07) is 0. The first-order chi connectivity index (χ1) is 4.62. The molecule has 0 aliphatic rings. The van der Waals surface area contributed by atoms with E-state index in [1.807, 2.05) is 6.92 Å². The van der Waals surface area contributed by atoms with Gasteiger partial charge >= 0.3 is 0 Å². The van der Waals surface area contributed by atoms with E-state index in [0.29, 0.717) is 6.61 Å². The Morgan fingerprint density at radius 1 is 1.60 bits per heavy atom. The molecule has 0 spiro atoms. The maximum atomic E-state index is 11.0. The zero-order valence-corrected chi connectivity index (χ0v) is 7.43. The van der Waals surface area contributed by atoms with Gasteiger partial charge in [0, 0.05) is 6.66 Å². The van der Waals surface area contributed by atoms with E-state index in [-0.39, 0.29) is 6.35 Å². The summed E-state index contributed by atoms with van der Waals surface area (Å²) in [5.74, 6) is 0. The minimum atomic E-state index is -2.65. The lowest BCUT2D eigenvalue weighted by atomic mass is 10.4. The normalized spacial score (nSPS) is 16.7. The second kappa shape index (κ2) is 4.89. The Hall–Kier alpha value is 0.150. The van der Waals surface area contributed by atoms with Gasteiger partial charge in [-0.3, -0.25) is 4.57 Å². The molecule has 0 rings (SSSR count). The second-order valence-corrected chi connectivity index (χ2v) is 4.91. The van der Waals surface area contributed by atoms with E-state index in [0.717, 1.165) is 12.8 Å². The van der Waals surface area contributed by atoms with Crippen molar-refractivity contribution in [1.29, 1.82) is 0 Å². The van der Waals surface area contributed by atoms with Gasteiger partial charge in [0.05, 0.1) is 6.61 Å². The molecule has 3 nitrogen and oxygen atoms in total. The van der Waals surface area contributed by atoms with Crippen molar-refractivity contribution in [3.63, 3.8) is 0 Å². The molecule has 0 bridgehead atoms. The zero-order chi connectivity index (χ0) is 8.04. The second-order valence-electron chi connectivity index (χ2n) is 2.34. The fourth-order valence-electron chi connectivity index (χ4n) is 0.443. The van der Waals surface area contributed by atoms with Crippen LogP contribution in [-0.4, -0.2) is 24.7 Å². The molecule has 0 aromatic rings. The minimum absolute atomic E-state index is 0.350. The van der Waals surface area contributed by atoms with Crippen LogP contribution in [0.3, 0.4) is 0 Å². The van der Waals surface area contributed by atoms with Crippen molar-refractivity contribution in [3.05, 3.63) is 0 Å². The molecule has 1 unspecified atom stereocenters. The molecule has 0 aliphatic carbocycles. The van der Waals surface area contributed by atoms with Crippen molar-refractivity contribution in [1.82, 2.24) is 0 Å². The Morgan fingerprint density at radius 3 is 2.60 bits per heavy atom. The number of hydrogen-bond acceptors (Lipinski definition) is 3. The summed E-state index contributed by atoms with van der Waals surface area (Å²) < 4.78 is 15.9. The molecule has 1 N–H and O–H groups in total. The van der Waals surface area contributed by atoms with Crippen LogP contribution in [0.1, 0.15) is 19.8 Å². The number of rotatable bonds is 5. The Bertz CT molecular complexity index is 124. The molecule has 1 atom stereocenters. The van der Waals surface area contributed by atoms with Crippen LogP contribution in [0.5, 0.6) is 0 Å². The van der Waals surface area contributed by atoms with Gasteiger partial charge in [-0.15, -0.1) is 0 Å². The zero-order valence-electron chi connectivity index (χ0n) is 6.54. The Labute approximate surface area is 61.8 Å². The molecule has 0 aromatic carbocycles. The maximum absolute atomic E-state index is 11.0. The van der Waals surface area contributed by atoms with Gasteiger partial charge in [0.1, 0.15) is 6.35 Å². The lowest BCUT2D eigenvalue weighted by molar-refractivity contribution is 0.272. The van der Waals surface area contributed by atoms with E-state index in [2.05, 4.69) is 0 Å². The summed E-state index contributed by atoms with van der Waals surface area (Å²) in [6.07, 6.45) is 1.57. The van der Waals surface area contributed by atoms with E-state index in [1.165, 1.54) is 6.66 Å². The van der Waals surface area contributed by atoms with Gasteiger partial charge in [0.15, 0.2) is 0 Å². The van der Waals surface area contributed by atoms with Gasteiger partial charge in [0.2, 0.25) is 7.37 Å². The Kier molecular flexibility index (Phi) is 4.96. The van der Waals surface area contributed by atoms with Gasteiger partial charge in [-0.05, 0) is 6.42 Å². The highest BCUT2D eigenvalue weighted by Crippen LogP contribution is 2.40. The lowest BCUT2D eigenvalue weighted by Crippen LogP contribution is -1.94. The molecule has 0 radical (unpaired) electrons. The molecule has 62 valence electrons. The number of aliphatic hydroxyl groups excluding tert-OH is 1. The van der Waals surface area contributed by atoms with E-state index in [4.69, 9.17) is 9.63 Å². The number of unbranched alkanes of at least 4 members (excludes halogenated alkanes) is 1. The van der Waals surface area contributed by atoms with Crippen molar-refractivity contribution in [2.75, 3.05) is 19.6 Å². The van der Waals surface area contributed by atoms with Crippen LogP contribution in [-0.2, 0) is 9.09 Å². The van der Waals surface area contributed by atoms with Gasteiger partial charge in [-0.1, -0.05) is 13.3 Å². The molecule has 10 heavy (non-hydrogen) atoms. The molecule has 0 aliphatic heterocycles. The fourth-order valence-corrected chi connectivity index (χ4v) is 1.04. The molecule has 0 amide bonds. The summed E-state index contributed by atoms with van der Waals surface area (Å²) in [5.41, 5.74) is 0. The molecule has 0 aromatic heterocycles. The third-order valence-electron chi connectivity index (χ3n) is 1.12. The Balaban J connectivity index is 3.38. The topological polar surface area (TPSA) is 46.5 Å². The van der Waals surface area contributed by atoms with E-state index < -0.39 is 7.37 Å². The van der Waals surface area contributed by atoms with Crippen molar-refractivity contribution in [3.8, 4) is 0 Å². The molecule has 0 heterocycles. The minimum Gasteiger partial charge on any atom is -0.386 e. The molecular weight excluding hydrogens is 151 g/mol. The number of aliphatic hydroxyl groups is 1. The fraction of sp³-hybridized carbons (Fsp3) is 1.00. The molecule has 0 fully saturated rings. The first-order valence-corrected chi connectivity index (χ1v) is 5.70. The monoisotopic (exact) mass is 166 g/mol. The summed E-state index contributed by atoms with van der Waals surface area (Å²) in [6.45, 7) is 3.97. The average Bonchev–Trinajstić information content (AvgIpc) is 1.89. The number of hydrogen-bond donors (Lipinski definition) is 1. The SMILES string of the molecule is CCCCOP(C)(=O)CO. The van der Waals surface area contributed by atoms with Gasteiger partial charge < -0.3 is 9.63 Å². The van der Waals surface area contributed by atoms with Crippen LogP contribution in [0.15, 0.2) is 0 Å². The van der Waals surface area contributed by atoms with Gasteiger partial charge in [-0.25, -0.2) is 0 Å². The van der Waals surface area contributed by atoms with E-state index in [1.54, 1.807) is 0 Å². The van der Waals surface area contributed by atoms with Crippen LogP contribution in [0, 0.1) is 0 Å². The van der Waals surface area contributed by atoms with Crippen molar-refractivity contribution >= 4 is 7.37 Å². The standard InChI is InChI=1S/C6H15O3P/c1-3-4-5-9-10(2,8)6-7/h7H,3-6H2,1-2H3. The van der Waals surface area contributed by atoms with Crippen LogP contribution < -0.4 is 0 Å². The highest BCUT2D eigenvalue weighted by Gasteiger charge is 2.12. The highest BCUT2D eigenvalue weighted by atomic mass is 31.2. The van der Waals surface area contributed by atoms with Crippen LogP contribution >= 0.6 is 7.37 Å². The largest absolute Gasteiger partial charge is 0.386 e. The molecule has 0 saturated heterocycles. The Morgan fingerprint density at radius 2 is 2.20 bits per heavy atom. The predicted octanol–water partition coefficient (Wildman–Crippen LogP) is 1.66. The van der Waals surface area contributed by atoms with Crippen LogP contribution in [0.25, 0.3) is 0 Å². The molecule has 0 saturated carbocycles. The predicted molar refractivity (Wildman–Crippen MR) is 41.5 cm³/mol. The van der Waals surface area contributed by atoms with Gasteiger partial charge in [0.25, 0.3) is 0 Å². The van der Waals surface area contributed by atoms with Crippen LogP contribution in [0.4, 0.5) is 0 Å². The smallest absolute Gasteiger partial charge is 0.224 e. The summed E-state index contributed by atoms with van der Waals surface area (Å²) in [5, 5.41) is 8.51. The summed E-state index contributed by atoms with van der Waals surface area (Å²) in [7, 11) is -2.65. The van der Waals surface area contributed by atoms with E-state index in [9.17, 15) is 4.57 Å². The quantitative estimate of drug-likeness (QED) is 0.499. The van der Waals surface area contributed by atoms with Crippen molar-refractivity contribution in [2.45, 2.75) is 19.8 Å². The third-order valence-corrected chi connectivity index (χ3v) is 2.36. The highest BCUT2D eigenvalue weighted by molar-refractivity contribution is 7.57. The van der Waals surface area contributed by atoms with Gasteiger partial charge in [-0.2, -0.15) is 0 Å². The van der Waals surface area contributed by atoms with E-state index >= 15 is 0 Å². The van der Waals surface area contributed by atoms with Crippen molar-refractivity contribution in [2.24, 2.45) is 0 Å². The maximum Gasteiger partial charge on any atom is 0.224 e. The first-order valence-electron chi connectivity index (χ1n) is 3.44. The summed E-state index contributed by atoms with van der Waals surface area (Å²) in [4.78, 5) is 0.